The molecule has 1 aliphatic heterocycles. The van der Waals surface area contributed by atoms with Gasteiger partial charge in [0.2, 0.25) is 5.91 Å². The second kappa shape index (κ2) is 6.49. The summed E-state index contributed by atoms with van der Waals surface area (Å²) in [4.78, 5) is 23.9. The van der Waals surface area contributed by atoms with Crippen LogP contribution in [-0.2, 0) is 20.7 Å². The van der Waals surface area contributed by atoms with Crippen molar-refractivity contribution in [2.75, 3.05) is 19.5 Å². The van der Waals surface area contributed by atoms with Gasteiger partial charge in [0.05, 0.1) is 6.61 Å². The van der Waals surface area contributed by atoms with E-state index in [9.17, 15) is 14.7 Å². The van der Waals surface area contributed by atoms with Gasteiger partial charge >= 0.3 is 5.97 Å². The van der Waals surface area contributed by atoms with Crippen molar-refractivity contribution in [2.24, 2.45) is 0 Å². The van der Waals surface area contributed by atoms with Crippen LogP contribution in [0.15, 0.2) is 24.3 Å². The van der Waals surface area contributed by atoms with E-state index in [4.69, 9.17) is 4.74 Å². The van der Waals surface area contributed by atoms with E-state index >= 15 is 0 Å². The molecule has 0 spiro atoms. The Morgan fingerprint density at radius 2 is 2.19 bits per heavy atom. The van der Waals surface area contributed by atoms with E-state index in [1.807, 2.05) is 24.3 Å². The topological polar surface area (TPSA) is 75.6 Å². The summed E-state index contributed by atoms with van der Waals surface area (Å²) in [5.74, 6) is -0.538. The Morgan fingerprint density at radius 3 is 2.86 bits per heavy atom. The fourth-order valence-corrected chi connectivity index (χ4v) is 3.58. The van der Waals surface area contributed by atoms with E-state index < -0.39 is 11.5 Å². The number of aryl methyl sites for hydroxylation is 1. The molecule has 0 fully saturated rings. The zero-order chi connectivity index (χ0) is 15.5. The third kappa shape index (κ3) is 3.39. The van der Waals surface area contributed by atoms with Crippen LogP contribution in [0.5, 0.6) is 0 Å². The predicted octanol–water partition coefficient (Wildman–Crippen LogP) is 1.62. The van der Waals surface area contributed by atoms with Gasteiger partial charge in [0.1, 0.15) is 5.25 Å². The van der Waals surface area contributed by atoms with Crippen LogP contribution in [0.2, 0.25) is 0 Å². The third-order valence-electron chi connectivity index (χ3n) is 3.54. The van der Waals surface area contributed by atoms with Gasteiger partial charge in [-0.1, -0.05) is 24.3 Å². The summed E-state index contributed by atoms with van der Waals surface area (Å²) in [5, 5.41) is 11.6. The molecule has 21 heavy (non-hydrogen) atoms. The lowest BCUT2D eigenvalue weighted by Crippen LogP contribution is -2.56. The third-order valence-corrected chi connectivity index (χ3v) is 4.78. The minimum atomic E-state index is -1.42. The number of hydrogen-bond donors (Lipinski definition) is 2. The number of amides is 1. The number of thioether (sulfide) groups is 1. The lowest BCUT2D eigenvalue weighted by molar-refractivity contribution is -0.149. The molecule has 2 rings (SSSR count). The van der Waals surface area contributed by atoms with Gasteiger partial charge in [-0.25, -0.2) is 4.79 Å². The summed E-state index contributed by atoms with van der Waals surface area (Å²) in [6.07, 6.45) is 0.929. The van der Waals surface area contributed by atoms with Crippen molar-refractivity contribution in [3.8, 4) is 0 Å². The quantitative estimate of drug-likeness (QED) is 0.864. The van der Waals surface area contributed by atoms with Crippen molar-refractivity contribution < 1.29 is 19.4 Å². The number of carboxylic acid groups (broad SMARTS) is 1. The molecular formula is C15H19NO4S. The number of hydrogen-bond acceptors (Lipinski definition) is 4. The highest BCUT2D eigenvalue weighted by Crippen LogP contribution is 2.37. The number of aliphatic carboxylic acids is 1. The fourth-order valence-electron chi connectivity index (χ4n) is 2.39. The second-order valence-electron chi connectivity index (χ2n) is 5.26. The van der Waals surface area contributed by atoms with Gasteiger partial charge in [0.15, 0.2) is 5.54 Å². The molecule has 1 aromatic carbocycles. The maximum atomic E-state index is 12.5. The second-order valence-corrected chi connectivity index (χ2v) is 6.47. The van der Waals surface area contributed by atoms with Gasteiger partial charge in [0, 0.05) is 7.11 Å². The van der Waals surface area contributed by atoms with E-state index in [-0.39, 0.29) is 17.8 Å². The Morgan fingerprint density at radius 1 is 1.48 bits per heavy atom. The zero-order valence-corrected chi connectivity index (χ0v) is 12.9. The number of carbonyl (C=O) groups is 2. The van der Waals surface area contributed by atoms with Crippen molar-refractivity contribution >= 4 is 23.6 Å². The Kier molecular flexibility index (Phi) is 4.90. The number of methoxy groups -OCH3 is 1. The fraction of sp³-hybridized carbons (Fsp3) is 0.467. The van der Waals surface area contributed by atoms with Crippen LogP contribution in [0, 0.1) is 0 Å². The van der Waals surface area contributed by atoms with Crippen molar-refractivity contribution in [3.63, 3.8) is 0 Å². The minimum Gasteiger partial charge on any atom is -0.479 e. The highest BCUT2D eigenvalue weighted by atomic mass is 32.2. The normalized spacial score (nSPS) is 20.2. The molecule has 0 radical (unpaired) electrons. The molecule has 1 heterocycles. The average molecular weight is 309 g/mol. The highest BCUT2D eigenvalue weighted by Gasteiger charge is 2.38. The summed E-state index contributed by atoms with van der Waals surface area (Å²) in [5.41, 5.74) is 0.704. The molecule has 0 saturated heterocycles. The van der Waals surface area contributed by atoms with Gasteiger partial charge in [-0.05, 0) is 30.2 Å². The summed E-state index contributed by atoms with van der Waals surface area (Å²) in [7, 11) is 1.41. The van der Waals surface area contributed by atoms with Crippen LogP contribution in [0.1, 0.15) is 23.3 Å². The molecule has 1 aromatic rings. The number of fused-ring (bicyclic) bond motifs is 1. The summed E-state index contributed by atoms with van der Waals surface area (Å²) in [6, 6.07) is 7.80. The van der Waals surface area contributed by atoms with Gasteiger partial charge in [-0.15, -0.1) is 11.8 Å². The van der Waals surface area contributed by atoms with E-state index in [0.29, 0.717) is 0 Å². The first-order valence-electron chi connectivity index (χ1n) is 6.71. The predicted molar refractivity (Wildman–Crippen MR) is 81.4 cm³/mol. The SMILES string of the molecule is COCC(C)(NC(=O)C1SCCc2ccccc21)C(=O)O. The molecule has 0 saturated carbocycles. The first-order valence-corrected chi connectivity index (χ1v) is 7.76. The smallest absolute Gasteiger partial charge is 0.331 e. The first kappa shape index (κ1) is 15.9. The number of nitrogens with one attached hydrogen (secondary N) is 1. The molecule has 1 amide bonds. The minimum absolute atomic E-state index is 0.0763. The van der Waals surface area contributed by atoms with Gasteiger partial charge in [-0.2, -0.15) is 0 Å². The average Bonchev–Trinajstić information content (AvgIpc) is 2.46. The summed E-state index contributed by atoms with van der Waals surface area (Å²) >= 11 is 1.54. The monoisotopic (exact) mass is 309 g/mol. The zero-order valence-electron chi connectivity index (χ0n) is 12.1. The maximum Gasteiger partial charge on any atom is 0.331 e. The van der Waals surface area contributed by atoms with Crippen LogP contribution >= 0.6 is 11.8 Å². The van der Waals surface area contributed by atoms with Gasteiger partial charge in [-0.3, -0.25) is 4.79 Å². The Bertz CT molecular complexity index is 548. The van der Waals surface area contributed by atoms with Crippen LogP contribution < -0.4 is 5.32 Å². The molecule has 0 aliphatic carbocycles. The lowest BCUT2D eigenvalue weighted by Gasteiger charge is -2.30. The molecule has 2 unspecified atom stereocenters. The Labute approximate surface area is 128 Å². The van der Waals surface area contributed by atoms with Crippen molar-refractivity contribution in [2.45, 2.75) is 24.1 Å². The number of rotatable bonds is 5. The van der Waals surface area contributed by atoms with Crippen LogP contribution in [0.4, 0.5) is 0 Å². The molecule has 0 bridgehead atoms. The summed E-state index contributed by atoms with van der Waals surface area (Å²) in [6.45, 7) is 1.38. The molecule has 0 aromatic heterocycles. The van der Waals surface area contributed by atoms with Crippen LogP contribution in [0.25, 0.3) is 0 Å². The highest BCUT2D eigenvalue weighted by molar-refractivity contribution is 8.00. The van der Waals surface area contributed by atoms with Gasteiger partial charge < -0.3 is 15.2 Å². The van der Waals surface area contributed by atoms with Crippen LogP contribution in [0.3, 0.4) is 0 Å². The number of benzene rings is 1. The lowest BCUT2D eigenvalue weighted by atomic mass is 9.99. The molecule has 114 valence electrons. The molecule has 6 heteroatoms. The Balaban J connectivity index is 2.20. The standard InChI is InChI=1S/C15H19NO4S/c1-15(9-20-2,14(18)19)16-13(17)12-11-6-4-3-5-10(11)7-8-21-12/h3-6,12H,7-9H2,1-2H3,(H,16,17)(H,18,19). The number of ether oxygens (including phenoxy) is 1. The molecule has 2 atom stereocenters. The van der Waals surface area contributed by atoms with Crippen molar-refractivity contribution in [3.05, 3.63) is 35.4 Å². The molecule has 5 nitrogen and oxygen atoms in total. The van der Waals surface area contributed by atoms with E-state index in [1.165, 1.54) is 25.8 Å². The van der Waals surface area contributed by atoms with Gasteiger partial charge in [0.25, 0.3) is 0 Å². The molecule has 1 aliphatic rings. The molecule has 2 N–H and O–H groups in total. The summed E-state index contributed by atoms with van der Waals surface area (Å²) < 4.78 is 4.92. The number of carboxylic acids is 1. The largest absolute Gasteiger partial charge is 0.479 e. The van der Waals surface area contributed by atoms with Crippen molar-refractivity contribution in [1.82, 2.24) is 5.32 Å². The van der Waals surface area contributed by atoms with E-state index in [1.54, 1.807) is 0 Å². The van der Waals surface area contributed by atoms with Crippen molar-refractivity contribution in [1.29, 1.82) is 0 Å². The maximum absolute atomic E-state index is 12.5. The van der Waals surface area contributed by atoms with E-state index in [0.717, 1.165) is 23.3 Å². The van der Waals surface area contributed by atoms with E-state index in [2.05, 4.69) is 5.32 Å². The number of carbonyl (C=O) groups excluding carboxylic acids is 1. The first-order chi connectivity index (χ1) is 9.98. The Hall–Kier alpha value is -1.53. The van der Waals surface area contributed by atoms with Crippen LogP contribution in [-0.4, -0.2) is 42.0 Å². The molecular weight excluding hydrogens is 290 g/mol.